The van der Waals surface area contributed by atoms with E-state index in [4.69, 9.17) is 4.74 Å². The minimum Gasteiger partial charge on any atom is -0.454 e. The standard InChI is InChI=1S/C27H31NO5S/c1-17-3-7-23(8-4-17)28-34(31,32)24-12-22(6-5-18(24)2)26(30)33-16-25(29)27-13-19-9-20(14-27)11-21(10-19)15-27/h3-8,12,19-21,28H,9-11,13-16H2,1-2H3. The average Bonchev–Trinajstić information content (AvgIpc) is 2.78. The molecule has 6 nitrogen and oxygen atoms in total. The first-order chi connectivity index (χ1) is 16.1. The van der Waals surface area contributed by atoms with E-state index in [9.17, 15) is 18.0 Å². The van der Waals surface area contributed by atoms with E-state index in [1.807, 2.05) is 19.1 Å². The fourth-order valence-electron chi connectivity index (χ4n) is 6.67. The minimum atomic E-state index is -3.90. The molecule has 2 aromatic rings. The number of sulfonamides is 1. The SMILES string of the molecule is Cc1ccc(NS(=O)(=O)c2cc(C(=O)OCC(=O)C34CC5CC(CC(C5)C3)C4)ccc2C)cc1. The van der Waals surface area contributed by atoms with Gasteiger partial charge in [0.1, 0.15) is 0 Å². The maximum absolute atomic E-state index is 13.2. The Kier molecular flexibility index (Phi) is 5.79. The van der Waals surface area contributed by atoms with Crippen molar-refractivity contribution in [2.45, 2.75) is 57.3 Å². The number of anilines is 1. The fraction of sp³-hybridized carbons (Fsp3) is 0.481. The number of carbonyl (C=O) groups excluding carboxylic acids is 2. The molecule has 6 rings (SSSR count). The van der Waals surface area contributed by atoms with Gasteiger partial charge in [0.2, 0.25) is 0 Å². The third-order valence-corrected chi connectivity index (χ3v) is 9.50. The third-order valence-electron chi connectivity index (χ3n) is 7.98. The summed E-state index contributed by atoms with van der Waals surface area (Å²) in [5.74, 6) is 1.26. The molecule has 0 unspecified atom stereocenters. The van der Waals surface area contributed by atoms with Crippen LogP contribution in [0.3, 0.4) is 0 Å². The Bertz CT molecular complexity index is 1200. The lowest BCUT2D eigenvalue weighted by molar-refractivity contribution is -0.147. The summed E-state index contributed by atoms with van der Waals surface area (Å²) in [5.41, 5.74) is 1.77. The maximum Gasteiger partial charge on any atom is 0.338 e. The number of esters is 1. The Balaban J connectivity index is 1.28. The van der Waals surface area contributed by atoms with Crippen LogP contribution in [0.15, 0.2) is 47.4 Å². The summed E-state index contributed by atoms with van der Waals surface area (Å²) in [6.07, 6.45) is 6.49. The van der Waals surface area contributed by atoms with Gasteiger partial charge in [-0.05, 0) is 100.0 Å². The fourth-order valence-corrected chi connectivity index (χ4v) is 8.00. The van der Waals surface area contributed by atoms with Gasteiger partial charge in [-0.25, -0.2) is 13.2 Å². The summed E-state index contributed by atoms with van der Waals surface area (Å²) < 4.78 is 34.0. The molecule has 0 saturated heterocycles. The van der Waals surface area contributed by atoms with E-state index in [-0.39, 0.29) is 28.3 Å². The van der Waals surface area contributed by atoms with Crippen molar-refractivity contribution in [3.05, 3.63) is 59.2 Å². The second-order valence-electron chi connectivity index (χ2n) is 10.6. The first-order valence-electron chi connectivity index (χ1n) is 12.0. The molecule has 2 aromatic carbocycles. The second-order valence-corrected chi connectivity index (χ2v) is 12.3. The van der Waals surface area contributed by atoms with Crippen LogP contribution in [0.2, 0.25) is 0 Å². The molecule has 180 valence electrons. The van der Waals surface area contributed by atoms with Crippen LogP contribution in [0.4, 0.5) is 5.69 Å². The molecule has 34 heavy (non-hydrogen) atoms. The Morgan fingerprint density at radius 3 is 2.12 bits per heavy atom. The predicted octanol–water partition coefficient (Wildman–Crippen LogP) is 5.05. The summed E-state index contributed by atoms with van der Waals surface area (Å²) in [6, 6.07) is 11.5. The minimum absolute atomic E-state index is 0.00920. The molecule has 7 heteroatoms. The maximum atomic E-state index is 13.2. The molecular weight excluding hydrogens is 450 g/mol. The second kappa shape index (κ2) is 8.52. The van der Waals surface area contributed by atoms with Gasteiger partial charge in [0.05, 0.1) is 10.5 Å². The van der Waals surface area contributed by atoms with Crippen LogP contribution in [0, 0.1) is 37.0 Å². The average molecular weight is 482 g/mol. The first kappa shape index (κ1) is 23.1. The number of ether oxygens (including phenoxy) is 1. The smallest absolute Gasteiger partial charge is 0.338 e. The van der Waals surface area contributed by atoms with Gasteiger partial charge >= 0.3 is 5.97 Å². The lowest BCUT2D eigenvalue weighted by Crippen LogP contribution is -2.51. The topological polar surface area (TPSA) is 89.5 Å². The lowest BCUT2D eigenvalue weighted by Gasteiger charge is -2.55. The quantitative estimate of drug-likeness (QED) is 0.559. The molecule has 4 fully saturated rings. The number of ketones is 1. The molecular formula is C27H31NO5S. The molecule has 0 atom stereocenters. The van der Waals surface area contributed by atoms with E-state index >= 15 is 0 Å². The van der Waals surface area contributed by atoms with Crippen molar-refractivity contribution in [1.82, 2.24) is 0 Å². The highest BCUT2D eigenvalue weighted by atomic mass is 32.2. The molecule has 0 spiro atoms. The van der Waals surface area contributed by atoms with Gasteiger partial charge in [0.15, 0.2) is 12.4 Å². The van der Waals surface area contributed by atoms with E-state index in [2.05, 4.69) is 4.72 Å². The molecule has 4 aliphatic rings. The van der Waals surface area contributed by atoms with E-state index in [0.29, 0.717) is 29.0 Å². The first-order valence-corrected chi connectivity index (χ1v) is 13.5. The molecule has 0 aliphatic heterocycles. The molecule has 4 aliphatic carbocycles. The molecule has 0 radical (unpaired) electrons. The van der Waals surface area contributed by atoms with Crippen molar-refractivity contribution in [1.29, 1.82) is 0 Å². The summed E-state index contributed by atoms with van der Waals surface area (Å²) >= 11 is 0. The lowest BCUT2D eigenvalue weighted by atomic mass is 9.48. The van der Waals surface area contributed by atoms with Gasteiger partial charge in [0, 0.05) is 11.1 Å². The van der Waals surface area contributed by atoms with Gasteiger partial charge in [0.25, 0.3) is 10.0 Å². The number of hydrogen-bond acceptors (Lipinski definition) is 5. The predicted molar refractivity (Wildman–Crippen MR) is 129 cm³/mol. The van der Waals surface area contributed by atoms with E-state index in [0.717, 1.165) is 24.8 Å². The van der Waals surface area contributed by atoms with E-state index in [1.165, 1.54) is 31.4 Å². The molecule has 1 N–H and O–H groups in total. The van der Waals surface area contributed by atoms with Gasteiger partial charge in [-0.1, -0.05) is 23.8 Å². The molecule has 0 aromatic heterocycles. The van der Waals surface area contributed by atoms with Gasteiger partial charge in [-0.3, -0.25) is 9.52 Å². The number of Topliss-reactive ketones (excluding diaryl/α,β-unsaturated/α-hetero) is 1. The normalized spacial score (nSPS) is 27.4. The third kappa shape index (κ3) is 4.38. The van der Waals surface area contributed by atoms with Crippen LogP contribution >= 0.6 is 0 Å². The van der Waals surface area contributed by atoms with Crippen molar-refractivity contribution in [2.75, 3.05) is 11.3 Å². The number of carbonyl (C=O) groups is 2. The zero-order valence-electron chi connectivity index (χ0n) is 19.7. The summed E-state index contributed by atoms with van der Waals surface area (Å²) in [6.45, 7) is 3.35. The Morgan fingerprint density at radius 1 is 0.941 bits per heavy atom. The van der Waals surface area contributed by atoms with E-state index < -0.39 is 16.0 Å². The Hall–Kier alpha value is -2.67. The van der Waals surface area contributed by atoms with Crippen molar-refractivity contribution in [3.8, 4) is 0 Å². The highest BCUT2D eigenvalue weighted by Gasteiger charge is 2.54. The highest BCUT2D eigenvalue weighted by molar-refractivity contribution is 7.92. The number of aryl methyl sites for hydroxylation is 2. The molecule has 0 amide bonds. The van der Waals surface area contributed by atoms with Crippen LogP contribution in [0.25, 0.3) is 0 Å². The summed E-state index contributed by atoms with van der Waals surface area (Å²) in [4.78, 5) is 25.9. The number of rotatable bonds is 7. The largest absolute Gasteiger partial charge is 0.454 e. The number of hydrogen-bond donors (Lipinski definition) is 1. The Morgan fingerprint density at radius 2 is 1.53 bits per heavy atom. The zero-order chi connectivity index (χ0) is 24.1. The van der Waals surface area contributed by atoms with Gasteiger partial charge < -0.3 is 4.74 Å². The summed E-state index contributed by atoms with van der Waals surface area (Å²) in [5, 5.41) is 0. The van der Waals surface area contributed by atoms with Crippen LogP contribution < -0.4 is 4.72 Å². The zero-order valence-corrected chi connectivity index (χ0v) is 20.5. The molecule has 4 saturated carbocycles. The van der Waals surface area contributed by atoms with Crippen LogP contribution in [-0.2, 0) is 19.6 Å². The Labute approximate surface area is 201 Å². The van der Waals surface area contributed by atoms with Gasteiger partial charge in [-0.2, -0.15) is 0 Å². The van der Waals surface area contributed by atoms with E-state index in [1.54, 1.807) is 25.1 Å². The monoisotopic (exact) mass is 481 g/mol. The van der Waals surface area contributed by atoms with Crippen molar-refractivity contribution >= 4 is 27.5 Å². The van der Waals surface area contributed by atoms with Gasteiger partial charge in [-0.15, -0.1) is 0 Å². The highest BCUT2D eigenvalue weighted by Crippen LogP contribution is 2.60. The van der Waals surface area contributed by atoms with Crippen LogP contribution in [0.1, 0.15) is 60.0 Å². The van der Waals surface area contributed by atoms with Crippen LogP contribution in [0.5, 0.6) is 0 Å². The van der Waals surface area contributed by atoms with Crippen molar-refractivity contribution < 1.29 is 22.7 Å². The molecule has 4 bridgehead atoms. The number of benzene rings is 2. The van der Waals surface area contributed by atoms with Crippen molar-refractivity contribution in [2.24, 2.45) is 23.2 Å². The van der Waals surface area contributed by atoms with Crippen molar-refractivity contribution in [3.63, 3.8) is 0 Å². The summed E-state index contributed by atoms with van der Waals surface area (Å²) in [7, 11) is -3.90. The number of nitrogens with one attached hydrogen (secondary N) is 1. The van der Waals surface area contributed by atoms with Crippen LogP contribution in [-0.4, -0.2) is 26.8 Å². The molecule has 0 heterocycles.